The monoisotopic (exact) mass is 589 g/mol. The average Bonchev–Trinajstić information content (AvgIpc) is 3.24. The van der Waals surface area contributed by atoms with Crippen LogP contribution in [0.15, 0.2) is 78.9 Å². The number of carbonyl (C=O) groups is 3. The quantitative estimate of drug-likeness (QED) is 0.510. The number of fused-ring (bicyclic) bond motifs is 2. The Balaban J connectivity index is 1.51. The van der Waals surface area contributed by atoms with Crippen molar-refractivity contribution >= 4 is 40.7 Å². The Hall–Kier alpha value is -3.46. The van der Waals surface area contributed by atoms with Crippen molar-refractivity contribution in [2.24, 2.45) is 17.8 Å². The molecule has 220 valence electrons. The van der Waals surface area contributed by atoms with Crippen LogP contribution in [0.1, 0.15) is 27.2 Å². The lowest BCUT2D eigenvalue weighted by Crippen LogP contribution is -2.59. The maximum Gasteiger partial charge on any atom is 0.253 e. The van der Waals surface area contributed by atoms with Gasteiger partial charge in [-0.1, -0.05) is 80.1 Å². The smallest absolute Gasteiger partial charge is 0.253 e. The third-order valence-electron chi connectivity index (χ3n) is 9.05. The molecular weight excluding hydrogens is 554 g/mol. The van der Waals surface area contributed by atoms with Crippen LogP contribution in [0, 0.1) is 17.8 Å². The van der Waals surface area contributed by atoms with Crippen molar-refractivity contribution in [3.8, 4) is 0 Å². The predicted octanol–water partition coefficient (Wildman–Crippen LogP) is 4.22. The molecule has 2 aromatic carbocycles. The first-order valence-electron chi connectivity index (χ1n) is 14.5. The van der Waals surface area contributed by atoms with Crippen LogP contribution in [0.4, 0.5) is 11.4 Å². The fourth-order valence-electron chi connectivity index (χ4n) is 7.40. The summed E-state index contributed by atoms with van der Waals surface area (Å²) in [7, 11) is 0. The standard InChI is InChI=1S/C33H36ClN3O5/c1-21(2)19-23(20-38)37-28-31(41)36(25-14-8-7-13-24(25)34)18-10-16-33(28)27(30(37)40)26-29(39)35(22-11-5-4-6-12-22)17-9-15-32(26,3)42-33/h4-16,21,23,26-28,38H,17-20H2,1-3H3/t23-,26-,27+,28?,32+,33+/m1/s1. The third kappa shape index (κ3) is 4.31. The Bertz CT molecular complexity index is 1460. The van der Waals surface area contributed by atoms with Crippen molar-refractivity contribution < 1.29 is 24.2 Å². The van der Waals surface area contributed by atoms with Crippen LogP contribution >= 0.6 is 11.6 Å². The number of aliphatic hydroxyl groups is 1. The van der Waals surface area contributed by atoms with E-state index in [-0.39, 0.29) is 36.8 Å². The summed E-state index contributed by atoms with van der Waals surface area (Å²) in [5, 5.41) is 11.0. The van der Waals surface area contributed by atoms with Crippen molar-refractivity contribution in [3.63, 3.8) is 0 Å². The molecule has 8 nitrogen and oxygen atoms in total. The molecule has 0 aliphatic carbocycles. The molecule has 1 unspecified atom stereocenters. The lowest BCUT2D eigenvalue weighted by Gasteiger charge is -2.40. The summed E-state index contributed by atoms with van der Waals surface area (Å²) in [6, 6.07) is 14.7. The molecule has 0 bridgehead atoms. The number of para-hydroxylation sites is 2. The number of ether oxygens (including phenoxy) is 1. The number of amides is 3. The molecular formula is C33H36ClN3O5. The molecule has 6 atom stereocenters. The van der Waals surface area contributed by atoms with Crippen LogP contribution in [0.3, 0.4) is 0 Å². The maximum atomic E-state index is 14.7. The van der Waals surface area contributed by atoms with Gasteiger partial charge in [-0.25, -0.2) is 0 Å². The molecule has 6 rings (SSSR count). The zero-order chi connectivity index (χ0) is 29.8. The van der Waals surface area contributed by atoms with E-state index in [0.717, 1.165) is 5.69 Å². The summed E-state index contributed by atoms with van der Waals surface area (Å²) in [5.41, 5.74) is -1.31. The van der Waals surface area contributed by atoms with Gasteiger partial charge in [-0.3, -0.25) is 14.4 Å². The fourth-order valence-corrected chi connectivity index (χ4v) is 7.64. The highest BCUT2D eigenvalue weighted by Gasteiger charge is 2.75. The normalized spacial score (nSPS) is 31.2. The number of anilines is 2. The zero-order valence-electron chi connectivity index (χ0n) is 24.0. The van der Waals surface area contributed by atoms with E-state index < -0.39 is 35.1 Å². The predicted molar refractivity (Wildman–Crippen MR) is 161 cm³/mol. The highest BCUT2D eigenvalue weighted by Crippen LogP contribution is 2.58. The number of benzene rings is 2. The summed E-state index contributed by atoms with van der Waals surface area (Å²) in [4.78, 5) is 48.6. The van der Waals surface area contributed by atoms with Gasteiger partial charge in [0.15, 0.2) is 0 Å². The van der Waals surface area contributed by atoms with E-state index in [9.17, 15) is 19.5 Å². The maximum absolute atomic E-state index is 14.7. The largest absolute Gasteiger partial charge is 0.394 e. The molecule has 4 heterocycles. The van der Waals surface area contributed by atoms with E-state index in [1.54, 1.807) is 34.1 Å². The van der Waals surface area contributed by atoms with E-state index in [0.29, 0.717) is 23.7 Å². The zero-order valence-corrected chi connectivity index (χ0v) is 24.8. The molecule has 1 spiro atoms. The van der Waals surface area contributed by atoms with Gasteiger partial charge in [0.2, 0.25) is 11.8 Å². The lowest BCUT2D eigenvalue weighted by molar-refractivity contribution is -0.148. The highest BCUT2D eigenvalue weighted by atomic mass is 35.5. The molecule has 3 amide bonds. The van der Waals surface area contributed by atoms with Gasteiger partial charge in [0, 0.05) is 18.8 Å². The molecule has 4 aliphatic rings. The van der Waals surface area contributed by atoms with Gasteiger partial charge in [-0.05, 0) is 43.5 Å². The Morgan fingerprint density at radius 2 is 1.57 bits per heavy atom. The van der Waals surface area contributed by atoms with Gasteiger partial charge < -0.3 is 24.5 Å². The SMILES string of the molecule is CC(C)C[C@H](CO)N1C(=O)[C@@H]2[C@@H]3C(=O)N(c4ccccc4)CC=C[C@]3(C)O[C@@]23C=CCN(c2ccccc2Cl)C(=O)C13. The van der Waals surface area contributed by atoms with Gasteiger partial charge >= 0.3 is 0 Å². The van der Waals surface area contributed by atoms with E-state index in [4.69, 9.17) is 16.3 Å². The molecule has 42 heavy (non-hydrogen) atoms. The summed E-state index contributed by atoms with van der Waals surface area (Å²) in [6.07, 6.45) is 7.89. The summed E-state index contributed by atoms with van der Waals surface area (Å²) in [5.74, 6) is -2.67. The average molecular weight is 590 g/mol. The molecule has 9 heteroatoms. The number of nitrogens with zero attached hydrogens (tertiary/aromatic N) is 3. The molecule has 1 N–H and O–H groups in total. The van der Waals surface area contributed by atoms with Crippen molar-refractivity contribution in [3.05, 3.63) is 83.9 Å². The van der Waals surface area contributed by atoms with Crippen molar-refractivity contribution in [2.75, 3.05) is 29.5 Å². The number of aliphatic hydroxyl groups excluding tert-OH is 1. The number of hydrogen-bond donors (Lipinski definition) is 1. The van der Waals surface area contributed by atoms with Crippen LogP contribution in [-0.4, -0.2) is 70.7 Å². The minimum Gasteiger partial charge on any atom is -0.394 e. The molecule has 2 saturated heterocycles. The van der Waals surface area contributed by atoms with Gasteiger partial charge in [0.05, 0.1) is 40.8 Å². The Kier molecular flexibility index (Phi) is 7.28. The van der Waals surface area contributed by atoms with Gasteiger partial charge in [0.1, 0.15) is 11.6 Å². The van der Waals surface area contributed by atoms with Crippen LogP contribution in [0.2, 0.25) is 5.02 Å². The summed E-state index contributed by atoms with van der Waals surface area (Å²) in [6.45, 7) is 6.08. The number of halogens is 1. The Morgan fingerprint density at radius 1 is 0.905 bits per heavy atom. The number of carbonyl (C=O) groups excluding carboxylic acids is 3. The van der Waals surface area contributed by atoms with E-state index in [1.165, 1.54) is 4.90 Å². The third-order valence-corrected chi connectivity index (χ3v) is 9.37. The molecule has 4 aliphatic heterocycles. The number of hydrogen-bond acceptors (Lipinski definition) is 5. The van der Waals surface area contributed by atoms with Crippen LogP contribution in [-0.2, 0) is 19.1 Å². The second-order valence-electron chi connectivity index (χ2n) is 12.2. The molecule has 2 aromatic rings. The highest BCUT2D eigenvalue weighted by molar-refractivity contribution is 6.34. The van der Waals surface area contributed by atoms with Crippen LogP contribution in [0.25, 0.3) is 0 Å². The van der Waals surface area contributed by atoms with Crippen molar-refractivity contribution in [1.29, 1.82) is 0 Å². The number of likely N-dealkylation sites (tertiary alicyclic amines) is 1. The fraction of sp³-hybridized carbons (Fsp3) is 0.424. The van der Waals surface area contributed by atoms with Crippen molar-refractivity contribution in [2.45, 2.75) is 50.5 Å². The minimum absolute atomic E-state index is 0.143. The minimum atomic E-state index is -1.42. The molecule has 0 radical (unpaired) electrons. The van der Waals surface area contributed by atoms with Crippen LogP contribution < -0.4 is 9.80 Å². The Morgan fingerprint density at radius 3 is 2.26 bits per heavy atom. The summed E-state index contributed by atoms with van der Waals surface area (Å²) < 4.78 is 6.92. The first kappa shape index (κ1) is 28.6. The van der Waals surface area contributed by atoms with Gasteiger partial charge in [-0.2, -0.15) is 0 Å². The summed E-state index contributed by atoms with van der Waals surface area (Å²) >= 11 is 6.56. The van der Waals surface area contributed by atoms with Crippen LogP contribution in [0.5, 0.6) is 0 Å². The van der Waals surface area contributed by atoms with E-state index >= 15 is 0 Å². The first-order valence-corrected chi connectivity index (χ1v) is 14.9. The molecule has 0 saturated carbocycles. The van der Waals surface area contributed by atoms with Gasteiger partial charge in [-0.15, -0.1) is 0 Å². The topological polar surface area (TPSA) is 90.4 Å². The molecule has 0 aromatic heterocycles. The van der Waals surface area contributed by atoms with E-state index in [2.05, 4.69) is 0 Å². The molecule has 2 fully saturated rings. The number of rotatable bonds is 6. The second-order valence-corrected chi connectivity index (χ2v) is 12.6. The van der Waals surface area contributed by atoms with Gasteiger partial charge in [0.25, 0.3) is 5.91 Å². The van der Waals surface area contributed by atoms with E-state index in [1.807, 2.05) is 75.4 Å². The Labute approximate surface area is 251 Å². The second kappa shape index (κ2) is 10.7. The van der Waals surface area contributed by atoms with Crippen molar-refractivity contribution in [1.82, 2.24) is 4.90 Å². The first-order chi connectivity index (χ1) is 20.1. The lowest BCUT2D eigenvalue weighted by atomic mass is 9.74.